The van der Waals surface area contributed by atoms with E-state index < -0.39 is 34.6 Å². The van der Waals surface area contributed by atoms with Crippen molar-refractivity contribution < 1.29 is 18.0 Å². The Kier molecular flexibility index (Phi) is 5.01. The van der Waals surface area contributed by atoms with Gasteiger partial charge in [0.25, 0.3) is 11.5 Å². The van der Waals surface area contributed by atoms with Gasteiger partial charge in [-0.15, -0.1) is 0 Å². The van der Waals surface area contributed by atoms with Gasteiger partial charge in [-0.25, -0.2) is 14.2 Å². The van der Waals surface area contributed by atoms with E-state index in [1.54, 1.807) is 0 Å². The minimum absolute atomic E-state index is 0.0562. The second kappa shape index (κ2) is 7.29. The first-order valence-electron chi connectivity index (χ1n) is 7.96. The molecule has 14 heteroatoms. The summed E-state index contributed by atoms with van der Waals surface area (Å²) in [5.41, 5.74) is -3.07. The Balaban J connectivity index is 1.95. The molecule has 0 aliphatic rings. The van der Waals surface area contributed by atoms with Gasteiger partial charge in [0.15, 0.2) is 0 Å². The molecular weight excluding hydrogens is 397 g/mol. The second-order valence-corrected chi connectivity index (χ2v) is 5.92. The van der Waals surface area contributed by atoms with E-state index in [0.717, 1.165) is 33.6 Å². The molecule has 29 heavy (non-hydrogen) atoms. The third-order valence-electron chi connectivity index (χ3n) is 3.89. The highest BCUT2D eigenvalue weighted by atomic mass is 19.4. The minimum atomic E-state index is -4.51. The van der Waals surface area contributed by atoms with Gasteiger partial charge >= 0.3 is 11.9 Å². The number of halogens is 3. The Labute approximate surface area is 159 Å². The molecule has 1 aromatic carbocycles. The molecule has 0 unspecified atom stereocenters. The molecule has 0 spiro atoms. The van der Waals surface area contributed by atoms with Crippen molar-refractivity contribution in [1.82, 2.24) is 34.6 Å². The van der Waals surface area contributed by atoms with E-state index in [4.69, 9.17) is 0 Å². The number of rotatable bonds is 4. The van der Waals surface area contributed by atoms with Crippen molar-refractivity contribution >= 4 is 11.9 Å². The Morgan fingerprint density at radius 3 is 2.31 bits per heavy atom. The second-order valence-electron chi connectivity index (χ2n) is 5.92. The van der Waals surface area contributed by atoms with Gasteiger partial charge in [-0.3, -0.25) is 19.5 Å². The van der Waals surface area contributed by atoms with Crippen LogP contribution in [-0.4, -0.2) is 40.5 Å². The Morgan fingerprint density at radius 2 is 1.76 bits per heavy atom. The first kappa shape index (κ1) is 19.9. The van der Waals surface area contributed by atoms with Crippen LogP contribution in [0.1, 0.15) is 21.6 Å². The van der Waals surface area contributed by atoms with E-state index >= 15 is 0 Å². The van der Waals surface area contributed by atoms with Crippen LogP contribution in [0.5, 0.6) is 0 Å². The molecule has 2 heterocycles. The number of anilines is 1. The van der Waals surface area contributed by atoms with Gasteiger partial charge in [0.05, 0.1) is 12.1 Å². The molecule has 0 radical (unpaired) electrons. The number of tetrazole rings is 1. The number of aryl methyl sites for hydroxylation is 2. The van der Waals surface area contributed by atoms with Crippen molar-refractivity contribution in [2.45, 2.75) is 12.7 Å². The quantitative estimate of drug-likeness (QED) is 0.630. The molecule has 0 saturated carbocycles. The van der Waals surface area contributed by atoms with E-state index in [9.17, 15) is 27.6 Å². The molecule has 1 N–H and O–H groups in total. The lowest BCUT2D eigenvalue weighted by atomic mass is 10.1. The van der Waals surface area contributed by atoms with Gasteiger partial charge in [-0.2, -0.15) is 18.3 Å². The molecule has 0 aliphatic heterocycles. The molecule has 2 aromatic heterocycles. The van der Waals surface area contributed by atoms with Crippen molar-refractivity contribution in [1.29, 1.82) is 0 Å². The third-order valence-corrected chi connectivity index (χ3v) is 3.89. The lowest BCUT2D eigenvalue weighted by Crippen LogP contribution is -2.44. The molecular formula is C15H13F3N8O3. The fourth-order valence-corrected chi connectivity index (χ4v) is 2.38. The van der Waals surface area contributed by atoms with Crippen molar-refractivity contribution in [3.63, 3.8) is 0 Å². The SMILES string of the molecule is Cn1nnnc1NC(=O)c1nn(C)c(=O)n(Cc2ccc(C(F)(F)F)cc2)c1=O. The number of nitrogens with zero attached hydrogens (tertiary/aromatic N) is 7. The van der Waals surface area contributed by atoms with Gasteiger partial charge in [0.2, 0.25) is 11.6 Å². The van der Waals surface area contributed by atoms with E-state index in [0.29, 0.717) is 4.57 Å². The lowest BCUT2D eigenvalue weighted by molar-refractivity contribution is -0.137. The number of alkyl halides is 3. The molecule has 0 atom stereocenters. The summed E-state index contributed by atoms with van der Waals surface area (Å²) in [7, 11) is 2.68. The zero-order valence-corrected chi connectivity index (χ0v) is 15.0. The number of aromatic nitrogens is 7. The first-order valence-corrected chi connectivity index (χ1v) is 7.96. The molecule has 11 nitrogen and oxygen atoms in total. The van der Waals surface area contributed by atoms with Crippen molar-refractivity contribution in [2.24, 2.45) is 14.1 Å². The largest absolute Gasteiger partial charge is 0.416 e. The van der Waals surface area contributed by atoms with E-state index in [2.05, 4.69) is 25.9 Å². The number of hydrogen-bond donors (Lipinski definition) is 1. The van der Waals surface area contributed by atoms with Crippen molar-refractivity contribution in [2.75, 3.05) is 5.32 Å². The predicted octanol–water partition coefficient (Wildman–Crippen LogP) is -0.215. The molecule has 3 aromatic rings. The third kappa shape index (κ3) is 4.04. The summed E-state index contributed by atoms with van der Waals surface area (Å²) in [4.78, 5) is 37.3. The number of amides is 1. The smallest absolute Gasteiger partial charge is 0.288 e. The maximum Gasteiger partial charge on any atom is 0.416 e. The van der Waals surface area contributed by atoms with Gasteiger partial charge in [-0.05, 0) is 28.1 Å². The summed E-state index contributed by atoms with van der Waals surface area (Å²) < 4.78 is 40.6. The van der Waals surface area contributed by atoms with E-state index in [1.807, 2.05) is 0 Å². The maximum atomic E-state index is 12.7. The average molecular weight is 410 g/mol. The van der Waals surface area contributed by atoms with E-state index in [-0.39, 0.29) is 18.1 Å². The van der Waals surface area contributed by atoms with Crippen LogP contribution in [0.2, 0.25) is 0 Å². The van der Waals surface area contributed by atoms with Crippen LogP contribution in [0.3, 0.4) is 0 Å². The molecule has 3 rings (SSSR count). The normalized spacial score (nSPS) is 11.5. The van der Waals surface area contributed by atoms with Crippen LogP contribution in [-0.2, 0) is 26.8 Å². The number of nitrogens with one attached hydrogen (secondary N) is 1. The zero-order valence-electron chi connectivity index (χ0n) is 15.0. The molecule has 1 amide bonds. The highest BCUT2D eigenvalue weighted by Gasteiger charge is 2.30. The number of carbonyl (C=O) groups is 1. The standard InChI is InChI=1S/C15H13F3N8O3/c1-24-13(20-22-23-24)19-11(27)10-12(28)26(14(29)25(2)21-10)7-8-3-5-9(6-4-8)15(16,17)18/h3-6H,7H2,1-2H3,(H,19,20,23,27). The highest BCUT2D eigenvalue weighted by molar-refractivity contribution is 6.01. The predicted molar refractivity (Wildman–Crippen MR) is 91.0 cm³/mol. The van der Waals surface area contributed by atoms with Crippen LogP contribution in [0, 0.1) is 0 Å². The van der Waals surface area contributed by atoms with Crippen LogP contribution in [0.25, 0.3) is 0 Å². The van der Waals surface area contributed by atoms with Crippen molar-refractivity contribution in [3.8, 4) is 0 Å². The summed E-state index contributed by atoms with van der Waals surface area (Å²) in [5.74, 6) is -1.01. The van der Waals surface area contributed by atoms with Crippen LogP contribution < -0.4 is 16.6 Å². The molecule has 0 aliphatic carbocycles. The Hall–Kier alpha value is -3.84. The first-order chi connectivity index (χ1) is 13.6. The van der Waals surface area contributed by atoms with Gasteiger partial charge in [-0.1, -0.05) is 17.2 Å². The molecule has 152 valence electrons. The average Bonchev–Trinajstić information content (AvgIpc) is 3.06. The monoisotopic (exact) mass is 410 g/mol. The number of hydrogen-bond acceptors (Lipinski definition) is 7. The summed E-state index contributed by atoms with van der Waals surface area (Å²) in [6.45, 7) is -0.349. The van der Waals surface area contributed by atoms with Gasteiger partial charge in [0.1, 0.15) is 0 Å². The summed E-state index contributed by atoms with van der Waals surface area (Å²) in [5, 5.41) is 16.3. The fourth-order valence-electron chi connectivity index (χ4n) is 2.38. The Morgan fingerprint density at radius 1 is 1.10 bits per heavy atom. The Bertz CT molecular complexity index is 1180. The molecule has 0 bridgehead atoms. The van der Waals surface area contributed by atoms with Crippen LogP contribution >= 0.6 is 0 Å². The zero-order chi connectivity index (χ0) is 21.3. The van der Waals surface area contributed by atoms with Crippen LogP contribution in [0.15, 0.2) is 33.9 Å². The van der Waals surface area contributed by atoms with Gasteiger partial charge in [0, 0.05) is 14.1 Å². The molecule has 0 saturated heterocycles. The number of benzene rings is 1. The highest BCUT2D eigenvalue weighted by Crippen LogP contribution is 2.29. The number of carbonyl (C=O) groups excluding carboxylic acids is 1. The topological polar surface area (TPSA) is 130 Å². The van der Waals surface area contributed by atoms with Crippen LogP contribution in [0.4, 0.5) is 19.1 Å². The minimum Gasteiger partial charge on any atom is -0.288 e. The fraction of sp³-hybridized carbons (Fsp3) is 0.267. The lowest BCUT2D eigenvalue weighted by Gasteiger charge is -2.11. The van der Waals surface area contributed by atoms with E-state index in [1.165, 1.54) is 14.1 Å². The van der Waals surface area contributed by atoms with Gasteiger partial charge < -0.3 is 0 Å². The summed E-state index contributed by atoms with van der Waals surface area (Å²) in [6, 6.07) is 3.95. The van der Waals surface area contributed by atoms with Crippen molar-refractivity contribution in [3.05, 3.63) is 61.9 Å². The summed E-state index contributed by atoms with van der Waals surface area (Å²) >= 11 is 0. The molecule has 0 fully saturated rings. The maximum absolute atomic E-state index is 12.7. The summed E-state index contributed by atoms with van der Waals surface area (Å²) in [6.07, 6.45) is -4.51.